The van der Waals surface area contributed by atoms with Crippen molar-refractivity contribution in [3.05, 3.63) is 40.2 Å². The van der Waals surface area contributed by atoms with Gasteiger partial charge >= 0.3 is 12.2 Å². The van der Waals surface area contributed by atoms with E-state index in [2.05, 4.69) is 10.3 Å². The summed E-state index contributed by atoms with van der Waals surface area (Å²) in [5, 5.41) is 15.8. The van der Waals surface area contributed by atoms with Gasteiger partial charge in [0.05, 0.1) is 12.2 Å². The first-order valence-electron chi connectivity index (χ1n) is 12.7. The molecule has 0 saturated carbocycles. The molecule has 39 heavy (non-hydrogen) atoms. The quantitative estimate of drug-likeness (QED) is 0.359. The fourth-order valence-corrected chi connectivity index (χ4v) is 6.43. The first-order valence-corrected chi connectivity index (χ1v) is 14.4. The third-order valence-corrected chi connectivity index (χ3v) is 8.05. The van der Waals surface area contributed by atoms with Gasteiger partial charge in [0.2, 0.25) is 5.91 Å². The van der Waals surface area contributed by atoms with Crippen molar-refractivity contribution in [3.63, 3.8) is 0 Å². The van der Waals surface area contributed by atoms with Crippen LogP contribution in [-0.2, 0) is 22.5 Å². The number of carboxylic acid groups (broad SMARTS) is 1. The molecule has 208 valence electrons. The van der Waals surface area contributed by atoms with Crippen molar-refractivity contribution in [2.45, 2.75) is 65.6 Å². The zero-order chi connectivity index (χ0) is 28.3. The van der Waals surface area contributed by atoms with Gasteiger partial charge in [-0.1, -0.05) is 6.07 Å². The highest BCUT2D eigenvalue weighted by atomic mass is 32.1. The van der Waals surface area contributed by atoms with E-state index in [0.29, 0.717) is 18.0 Å². The molecule has 0 fully saturated rings. The van der Waals surface area contributed by atoms with Crippen molar-refractivity contribution in [2.24, 2.45) is 0 Å². The fourth-order valence-electron chi connectivity index (χ4n) is 4.19. The minimum Gasteiger partial charge on any atom is -0.465 e. The molecule has 10 nitrogen and oxygen atoms in total. The number of aromatic nitrogens is 2. The molecule has 0 bridgehead atoms. The van der Waals surface area contributed by atoms with Gasteiger partial charge in [-0.05, 0) is 58.7 Å². The largest absolute Gasteiger partial charge is 0.465 e. The smallest absolute Gasteiger partial charge is 0.410 e. The topological polar surface area (TPSA) is 125 Å². The Bertz CT molecular complexity index is 1350. The molecular weight excluding hydrogens is 538 g/mol. The summed E-state index contributed by atoms with van der Waals surface area (Å²) in [4.78, 5) is 50.4. The van der Waals surface area contributed by atoms with Crippen molar-refractivity contribution in [3.8, 4) is 22.0 Å². The van der Waals surface area contributed by atoms with Gasteiger partial charge in [-0.25, -0.2) is 14.6 Å². The van der Waals surface area contributed by atoms with E-state index >= 15 is 0 Å². The molecule has 1 aliphatic heterocycles. The van der Waals surface area contributed by atoms with Crippen LogP contribution in [0.3, 0.4) is 0 Å². The Labute approximate surface area is 235 Å². The lowest BCUT2D eigenvalue weighted by Gasteiger charge is -2.29. The highest BCUT2D eigenvalue weighted by Gasteiger charge is 2.30. The van der Waals surface area contributed by atoms with Gasteiger partial charge in [0.1, 0.15) is 21.3 Å². The summed E-state index contributed by atoms with van der Waals surface area (Å²) in [5.74, 6) is -0.249. The van der Waals surface area contributed by atoms with E-state index in [1.807, 2.05) is 37.4 Å². The number of hydrogen-bond acceptors (Lipinski definition) is 8. The van der Waals surface area contributed by atoms with Crippen LogP contribution in [-0.4, -0.2) is 67.7 Å². The number of thiophene rings is 1. The normalized spacial score (nSPS) is 13.2. The summed E-state index contributed by atoms with van der Waals surface area (Å²) >= 11 is 2.83. The minimum absolute atomic E-state index is 0.0811. The van der Waals surface area contributed by atoms with Crippen LogP contribution in [0.2, 0.25) is 0 Å². The number of carbonyl (C=O) groups excluding carboxylic acids is 2. The molecule has 3 aromatic rings. The standard InChI is InChI=1S/C27H33N5O5S2/c1-16(2)32(26(36)37-27(3,4)5)13-10-21(33)30-24-22(17-9-12-31(25(34)35)14-20(17)39-24)23-29-19(15-38-23)18-8-6-7-11-28-18/h6-8,11,15-16H,9-10,12-14H2,1-5H3,(H,30,33)(H,34,35). The minimum atomic E-state index is -0.969. The van der Waals surface area contributed by atoms with E-state index in [-0.39, 0.29) is 31.5 Å². The summed E-state index contributed by atoms with van der Waals surface area (Å²) in [7, 11) is 0. The Morgan fingerprint density at radius 1 is 1.23 bits per heavy atom. The predicted molar refractivity (Wildman–Crippen MR) is 152 cm³/mol. The number of ether oxygens (including phenoxy) is 1. The fraction of sp³-hybridized carbons (Fsp3) is 0.444. The number of nitrogens with one attached hydrogen (secondary N) is 1. The van der Waals surface area contributed by atoms with Crippen molar-refractivity contribution in [1.82, 2.24) is 19.8 Å². The molecule has 0 saturated heterocycles. The maximum Gasteiger partial charge on any atom is 0.410 e. The second kappa shape index (κ2) is 11.7. The van der Waals surface area contributed by atoms with Crippen molar-refractivity contribution in [2.75, 3.05) is 18.4 Å². The van der Waals surface area contributed by atoms with Crippen molar-refractivity contribution in [1.29, 1.82) is 0 Å². The average Bonchev–Trinajstić information content (AvgIpc) is 3.47. The first-order chi connectivity index (χ1) is 18.4. The third kappa shape index (κ3) is 6.93. The monoisotopic (exact) mass is 571 g/mol. The summed E-state index contributed by atoms with van der Waals surface area (Å²) < 4.78 is 5.50. The number of nitrogens with zero attached hydrogens (tertiary/aromatic N) is 4. The number of amides is 3. The summed E-state index contributed by atoms with van der Waals surface area (Å²) in [5.41, 5.74) is 2.69. The average molecular weight is 572 g/mol. The van der Waals surface area contributed by atoms with Gasteiger partial charge in [-0.15, -0.1) is 22.7 Å². The predicted octanol–water partition coefficient (Wildman–Crippen LogP) is 5.94. The van der Waals surface area contributed by atoms with Crippen LogP contribution in [0.5, 0.6) is 0 Å². The number of thiazole rings is 1. The molecule has 0 aromatic carbocycles. The van der Waals surface area contributed by atoms with Gasteiger partial charge in [-0.3, -0.25) is 9.78 Å². The Morgan fingerprint density at radius 2 is 2.00 bits per heavy atom. The molecule has 1 aliphatic rings. The van der Waals surface area contributed by atoms with E-state index in [9.17, 15) is 19.5 Å². The Morgan fingerprint density at radius 3 is 2.64 bits per heavy atom. The van der Waals surface area contributed by atoms with E-state index in [1.54, 1.807) is 27.0 Å². The van der Waals surface area contributed by atoms with Crippen molar-refractivity contribution < 1.29 is 24.2 Å². The summed E-state index contributed by atoms with van der Waals surface area (Å²) in [6.07, 6.45) is 0.893. The highest BCUT2D eigenvalue weighted by Crippen LogP contribution is 2.45. The zero-order valence-electron chi connectivity index (χ0n) is 22.7. The highest BCUT2D eigenvalue weighted by molar-refractivity contribution is 7.18. The Balaban J connectivity index is 1.58. The molecule has 3 aromatic heterocycles. The lowest BCUT2D eigenvalue weighted by Crippen LogP contribution is -2.42. The Hall–Kier alpha value is -3.51. The maximum atomic E-state index is 13.1. The van der Waals surface area contributed by atoms with Crippen LogP contribution >= 0.6 is 22.7 Å². The van der Waals surface area contributed by atoms with Gasteiger partial charge < -0.3 is 25.0 Å². The number of pyridine rings is 1. The summed E-state index contributed by atoms with van der Waals surface area (Å²) in [6.45, 7) is 10.0. The lowest BCUT2D eigenvalue weighted by atomic mass is 10.0. The second-order valence-electron chi connectivity index (χ2n) is 10.5. The molecule has 4 heterocycles. The van der Waals surface area contributed by atoms with E-state index in [1.165, 1.54) is 32.5 Å². The first kappa shape index (κ1) is 28.5. The van der Waals surface area contributed by atoms with Crippen LogP contribution in [0.1, 0.15) is 51.5 Å². The van der Waals surface area contributed by atoms with Gasteiger partial charge in [0.15, 0.2) is 0 Å². The van der Waals surface area contributed by atoms with Crippen LogP contribution < -0.4 is 5.32 Å². The van der Waals surface area contributed by atoms with Crippen LogP contribution in [0.4, 0.5) is 14.6 Å². The SMILES string of the molecule is CC(C)N(CCC(=O)Nc1sc2c(c1-c1nc(-c3ccccn3)cs1)CCN(C(=O)O)C2)C(=O)OC(C)(C)C. The molecule has 0 aliphatic carbocycles. The van der Waals surface area contributed by atoms with Gasteiger partial charge in [-0.2, -0.15) is 0 Å². The van der Waals surface area contributed by atoms with Crippen LogP contribution in [0.15, 0.2) is 29.8 Å². The molecule has 2 N–H and O–H groups in total. The van der Waals surface area contributed by atoms with E-state index < -0.39 is 17.8 Å². The molecule has 0 unspecified atom stereocenters. The number of anilines is 1. The lowest BCUT2D eigenvalue weighted by molar-refractivity contribution is -0.116. The van der Waals surface area contributed by atoms with Gasteiger partial charge in [0, 0.05) is 47.6 Å². The molecular formula is C27H33N5O5S2. The van der Waals surface area contributed by atoms with Crippen molar-refractivity contribution >= 4 is 45.8 Å². The van der Waals surface area contributed by atoms with Gasteiger partial charge in [0.25, 0.3) is 0 Å². The van der Waals surface area contributed by atoms with E-state index in [0.717, 1.165) is 32.4 Å². The number of carbonyl (C=O) groups is 3. The number of fused-ring (bicyclic) bond motifs is 1. The zero-order valence-corrected chi connectivity index (χ0v) is 24.3. The molecule has 3 amide bonds. The molecule has 0 radical (unpaired) electrons. The molecule has 4 rings (SSSR count). The van der Waals surface area contributed by atoms with Crippen LogP contribution in [0.25, 0.3) is 22.0 Å². The van der Waals surface area contributed by atoms with E-state index in [4.69, 9.17) is 9.72 Å². The molecule has 0 atom stereocenters. The second-order valence-corrected chi connectivity index (χ2v) is 12.4. The maximum absolute atomic E-state index is 13.1. The third-order valence-electron chi connectivity index (χ3n) is 6.06. The molecule has 0 spiro atoms. The summed E-state index contributed by atoms with van der Waals surface area (Å²) in [6, 6.07) is 5.49. The van der Waals surface area contributed by atoms with Crippen LogP contribution in [0, 0.1) is 0 Å². The Kier molecular flexibility index (Phi) is 8.55. The number of hydrogen-bond donors (Lipinski definition) is 2. The number of rotatable bonds is 7. The molecule has 12 heteroatoms.